The summed E-state index contributed by atoms with van der Waals surface area (Å²) in [7, 11) is 0. The number of halogens is 3. The van der Waals surface area contributed by atoms with Gasteiger partial charge in [-0.15, -0.1) is 0 Å². The molecule has 1 aliphatic heterocycles. The molecule has 156 valence electrons. The smallest absolute Gasteiger partial charge is 0.416 e. The van der Waals surface area contributed by atoms with Crippen molar-refractivity contribution in [3.63, 3.8) is 0 Å². The molecule has 28 heavy (non-hydrogen) atoms. The van der Waals surface area contributed by atoms with E-state index in [4.69, 9.17) is 4.74 Å². The number of hydrogen-bond donors (Lipinski definition) is 1. The summed E-state index contributed by atoms with van der Waals surface area (Å²) in [5.41, 5.74) is -1.03. The summed E-state index contributed by atoms with van der Waals surface area (Å²) in [6.07, 6.45) is -4.79. The van der Waals surface area contributed by atoms with Crippen molar-refractivity contribution < 1.29 is 27.5 Å². The lowest BCUT2D eigenvalue weighted by Crippen LogP contribution is -2.54. The molecule has 0 aliphatic carbocycles. The van der Waals surface area contributed by atoms with E-state index in [2.05, 4.69) is 5.32 Å². The minimum Gasteiger partial charge on any atom is -0.444 e. The van der Waals surface area contributed by atoms with Crippen molar-refractivity contribution in [2.24, 2.45) is 0 Å². The Morgan fingerprint density at radius 1 is 1.04 bits per heavy atom. The molecule has 2 amide bonds. The second-order valence-electron chi connectivity index (χ2n) is 7.74. The van der Waals surface area contributed by atoms with E-state index < -0.39 is 23.4 Å². The number of benzene rings is 1. The molecule has 6 nitrogen and oxygen atoms in total. The summed E-state index contributed by atoms with van der Waals surface area (Å²) >= 11 is 0. The van der Waals surface area contributed by atoms with Crippen LogP contribution >= 0.6 is 0 Å². The first-order valence-electron chi connectivity index (χ1n) is 9.07. The van der Waals surface area contributed by atoms with Crippen LogP contribution in [0, 0.1) is 0 Å². The largest absolute Gasteiger partial charge is 0.444 e. The molecule has 0 radical (unpaired) electrons. The topological polar surface area (TPSA) is 61.9 Å². The Hall–Kier alpha value is -2.29. The highest BCUT2D eigenvalue weighted by molar-refractivity contribution is 5.94. The van der Waals surface area contributed by atoms with E-state index in [0.717, 1.165) is 12.1 Å². The minimum absolute atomic E-state index is 0.303. The van der Waals surface area contributed by atoms with Crippen molar-refractivity contribution in [3.05, 3.63) is 29.8 Å². The number of amides is 2. The lowest BCUT2D eigenvalue weighted by atomic mass is 10.1. The number of hydrogen-bond acceptors (Lipinski definition) is 4. The van der Waals surface area contributed by atoms with E-state index in [1.165, 1.54) is 12.1 Å². The maximum absolute atomic E-state index is 12.6. The lowest BCUT2D eigenvalue weighted by molar-refractivity contribution is -0.137. The Morgan fingerprint density at radius 3 is 2.04 bits per heavy atom. The van der Waals surface area contributed by atoms with Crippen LogP contribution in [0.5, 0.6) is 0 Å². The monoisotopic (exact) mass is 401 g/mol. The fourth-order valence-corrected chi connectivity index (χ4v) is 2.77. The number of ether oxygens (including phenoxy) is 1. The molecule has 1 fully saturated rings. The number of rotatable bonds is 3. The number of carbonyl (C=O) groups excluding carboxylic acids is 2. The van der Waals surface area contributed by atoms with Crippen LogP contribution in [0.15, 0.2) is 24.3 Å². The molecule has 0 aromatic heterocycles. The lowest BCUT2D eigenvalue weighted by Gasteiger charge is -2.37. The summed E-state index contributed by atoms with van der Waals surface area (Å²) in [5.74, 6) is -0.314. The summed E-state index contributed by atoms with van der Waals surface area (Å²) in [4.78, 5) is 28.0. The molecular formula is C19H26F3N3O3. The van der Waals surface area contributed by atoms with Crippen molar-refractivity contribution in [2.45, 2.75) is 45.5 Å². The number of nitrogens with one attached hydrogen (secondary N) is 1. The average Bonchev–Trinajstić information content (AvgIpc) is 2.59. The molecule has 0 saturated carbocycles. The zero-order valence-electron chi connectivity index (χ0n) is 16.5. The van der Waals surface area contributed by atoms with Crippen molar-refractivity contribution in [1.82, 2.24) is 9.80 Å². The molecular weight excluding hydrogens is 375 g/mol. The normalized spacial score (nSPS) is 17.2. The second kappa shape index (κ2) is 8.38. The fraction of sp³-hybridized carbons (Fsp3) is 0.579. The maximum Gasteiger partial charge on any atom is 0.416 e. The summed E-state index contributed by atoms with van der Waals surface area (Å²) in [5, 5.41) is 2.63. The number of nitrogens with zero attached hydrogens (tertiary/aromatic N) is 2. The molecule has 1 atom stereocenters. The predicted octanol–water partition coefficient (Wildman–Crippen LogP) is 3.59. The van der Waals surface area contributed by atoms with E-state index in [9.17, 15) is 22.8 Å². The van der Waals surface area contributed by atoms with Crippen molar-refractivity contribution in [3.8, 4) is 0 Å². The molecule has 1 N–H and O–H groups in total. The number of carbonyl (C=O) groups is 2. The van der Waals surface area contributed by atoms with E-state index in [1.807, 2.05) is 4.90 Å². The highest BCUT2D eigenvalue weighted by Gasteiger charge is 2.31. The highest BCUT2D eigenvalue weighted by atomic mass is 19.4. The van der Waals surface area contributed by atoms with Crippen LogP contribution in [0.3, 0.4) is 0 Å². The molecule has 1 aromatic carbocycles. The third-order valence-electron chi connectivity index (χ3n) is 4.37. The van der Waals surface area contributed by atoms with Gasteiger partial charge in [0.25, 0.3) is 0 Å². The molecule has 1 aromatic rings. The number of alkyl halides is 3. The van der Waals surface area contributed by atoms with E-state index in [1.54, 1.807) is 32.6 Å². The second-order valence-corrected chi connectivity index (χ2v) is 7.74. The number of anilines is 1. The Balaban J connectivity index is 1.86. The molecule has 0 spiro atoms. The quantitative estimate of drug-likeness (QED) is 0.841. The van der Waals surface area contributed by atoms with E-state index in [-0.39, 0.29) is 12.0 Å². The van der Waals surface area contributed by atoms with Crippen molar-refractivity contribution >= 4 is 17.7 Å². The van der Waals surface area contributed by atoms with Gasteiger partial charge in [-0.05, 0) is 52.0 Å². The van der Waals surface area contributed by atoms with Crippen LogP contribution in [0.25, 0.3) is 0 Å². The highest BCUT2D eigenvalue weighted by Crippen LogP contribution is 2.29. The first-order valence-corrected chi connectivity index (χ1v) is 9.07. The SMILES string of the molecule is CC(C(=O)Nc1ccc(C(F)(F)F)cc1)N1CCN(C(=O)OC(C)(C)C)CC1. The van der Waals surface area contributed by atoms with Gasteiger partial charge in [0.1, 0.15) is 5.60 Å². The Morgan fingerprint density at radius 2 is 1.57 bits per heavy atom. The maximum atomic E-state index is 12.6. The van der Waals surface area contributed by atoms with Crippen LogP contribution < -0.4 is 5.32 Å². The van der Waals surface area contributed by atoms with Crippen LogP contribution in [0.1, 0.15) is 33.3 Å². The first-order chi connectivity index (χ1) is 12.9. The average molecular weight is 401 g/mol. The van der Waals surface area contributed by atoms with Crippen molar-refractivity contribution in [2.75, 3.05) is 31.5 Å². The van der Waals surface area contributed by atoms with Crippen LogP contribution in [0.2, 0.25) is 0 Å². The van der Waals surface area contributed by atoms with Gasteiger partial charge in [0.05, 0.1) is 11.6 Å². The van der Waals surface area contributed by atoms with Crippen molar-refractivity contribution in [1.29, 1.82) is 0 Å². The zero-order chi connectivity index (χ0) is 21.1. The number of piperazine rings is 1. The molecule has 1 saturated heterocycles. The van der Waals surface area contributed by atoms with Gasteiger partial charge in [0.15, 0.2) is 0 Å². The predicted molar refractivity (Wildman–Crippen MR) is 98.9 cm³/mol. The minimum atomic E-state index is -4.41. The first kappa shape index (κ1) is 22.0. The van der Waals surface area contributed by atoms with Crippen LogP contribution in [-0.4, -0.2) is 59.6 Å². The molecule has 1 heterocycles. The third-order valence-corrected chi connectivity index (χ3v) is 4.37. The summed E-state index contributed by atoms with van der Waals surface area (Å²) < 4.78 is 43.1. The van der Waals surface area contributed by atoms with Crippen LogP contribution in [-0.2, 0) is 15.7 Å². The Bertz CT molecular complexity index is 691. The van der Waals surface area contributed by atoms with E-state index in [0.29, 0.717) is 31.9 Å². The van der Waals surface area contributed by atoms with Gasteiger partial charge in [-0.3, -0.25) is 9.69 Å². The van der Waals surface area contributed by atoms with Gasteiger partial charge in [0, 0.05) is 31.9 Å². The standard InChI is InChI=1S/C19H26F3N3O3/c1-13(16(26)23-15-7-5-14(6-8-15)19(20,21)22)24-9-11-25(12-10-24)17(27)28-18(2,3)4/h5-8,13H,9-12H2,1-4H3,(H,23,26). The Kier molecular flexibility index (Phi) is 6.59. The van der Waals surface area contributed by atoms with E-state index >= 15 is 0 Å². The van der Waals surface area contributed by atoms with Gasteiger partial charge in [-0.25, -0.2) is 4.79 Å². The van der Waals surface area contributed by atoms with Gasteiger partial charge in [-0.2, -0.15) is 13.2 Å². The molecule has 2 rings (SSSR count). The fourth-order valence-electron chi connectivity index (χ4n) is 2.77. The molecule has 1 aliphatic rings. The van der Waals surface area contributed by atoms with Gasteiger partial charge >= 0.3 is 12.3 Å². The summed E-state index contributed by atoms with van der Waals surface area (Å²) in [6, 6.07) is 3.84. The van der Waals surface area contributed by atoms with Gasteiger partial charge in [-0.1, -0.05) is 0 Å². The van der Waals surface area contributed by atoms with Gasteiger partial charge in [0.2, 0.25) is 5.91 Å². The molecule has 0 bridgehead atoms. The Labute approximate surface area is 162 Å². The molecule has 1 unspecified atom stereocenters. The molecule has 9 heteroatoms. The third kappa shape index (κ3) is 6.12. The zero-order valence-corrected chi connectivity index (χ0v) is 16.5. The van der Waals surface area contributed by atoms with Crippen LogP contribution in [0.4, 0.5) is 23.7 Å². The van der Waals surface area contributed by atoms with Gasteiger partial charge < -0.3 is 15.0 Å². The summed E-state index contributed by atoms with van der Waals surface area (Å²) in [6.45, 7) is 9.00.